The molecule has 2 rings (SSSR count). The van der Waals surface area contributed by atoms with Gasteiger partial charge >= 0.3 is 0 Å². The average Bonchev–Trinajstić information content (AvgIpc) is 2.98. The van der Waals surface area contributed by atoms with Crippen LogP contribution in [0.15, 0.2) is 35.6 Å². The van der Waals surface area contributed by atoms with Crippen LogP contribution in [0.5, 0.6) is 0 Å². The van der Waals surface area contributed by atoms with E-state index in [1.165, 1.54) is 11.8 Å². The van der Waals surface area contributed by atoms with Gasteiger partial charge < -0.3 is 14.6 Å². The lowest BCUT2D eigenvalue weighted by Crippen LogP contribution is -2.31. The molecule has 1 aromatic heterocycles. The van der Waals surface area contributed by atoms with E-state index in [0.29, 0.717) is 36.1 Å². The van der Waals surface area contributed by atoms with Gasteiger partial charge in [0, 0.05) is 30.9 Å². The van der Waals surface area contributed by atoms with Gasteiger partial charge in [-0.05, 0) is 31.5 Å². The standard InChI is InChI=1S/C17H22ClN3O2S/c1-3-20(4-2)16(23)12-24-17-19-15(11-22)10-21(17)9-13-5-7-14(18)8-6-13/h5-8,10,22H,3-4,9,11-12H2,1-2H3. The molecule has 0 radical (unpaired) electrons. The van der Waals surface area contributed by atoms with Crippen molar-refractivity contribution in [2.45, 2.75) is 32.2 Å². The number of aromatic nitrogens is 2. The normalized spacial score (nSPS) is 10.8. The number of imidazole rings is 1. The van der Waals surface area contributed by atoms with Crippen molar-refractivity contribution in [1.29, 1.82) is 0 Å². The van der Waals surface area contributed by atoms with Gasteiger partial charge in [-0.15, -0.1) is 0 Å². The molecular weight excluding hydrogens is 346 g/mol. The van der Waals surface area contributed by atoms with Crippen molar-refractivity contribution < 1.29 is 9.90 Å². The minimum atomic E-state index is -0.120. The summed E-state index contributed by atoms with van der Waals surface area (Å²) < 4.78 is 1.95. The van der Waals surface area contributed by atoms with Gasteiger partial charge in [0.05, 0.1) is 18.1 Å². The molecule has 24 heavy (non-hydrogen) atoms. The number of carbonyl (C=O) groups excluding carboxylic acids is 1. The molecule has 0 aliphatic carbocycles. The van der Waals surface area contributed by atoms with Gasteiger partial charge in [0.1, 0.15) is 0 Å². The van der Waals surface area contributed by atoms with Gasteiger partial charge in [0.25, 0.3) is 0 Å². The van der Waals surface area contributed by atoms with E-state index in [-0.39, 0.29) is 12.5 Å². The topological polar surface area (TPSA) is 58.4 Å². The zero-order valence-electron chi connectivity index (χ0n) is 13.9. The van der Waals surface area contributed by atoms with Crippen LogP contribution >= 0.6 is 23.4 Å². The van der Waals surface area contributed by atoms with Crippen LogP contribution in [-0.4, -0.2) is 44.3 Å². The number of hydrogen-bond acceptors (Lipinski definition) is 4. The predicted octanol–water partition coefficient (Wildman–Crippen LogP) is 3.04. The first-order chi connectivity index (χ1) is 11.6. The minimum Gasteiger partial charge on any atom is -0.390 e. The van der Waals surface area contributed by atoms with Gasteiger partial charge in [0.2, 0.25) is 5.91 Å². The molecule has 0 spiro atoms. The number of thioether (sulfide) groups is 1. The number of carbonyl (C=O) groups is 1. The summed E-state index contributed by atoms with van der Waals surface area (Å²) >= 11 is 7.31. The maximum absolute atomic E-state index is 12.2. The summed E-state index contributed by atoms with van der Waals surface area (Å²) in [6.45, 7) is 5.85. The molecule has 7 heteroatoms. The molecule has 0 unspecified atom stereocenters. The van der Waals surface area contributed by atoms with Crippen LogP contribution in [0.1, 0.15) is 25.1 Å². The van der Waals surface area contributed by atoms with Crippen molar-refractivity contribution in [2.24, 2.45) is 0 Å². The molecule has 5 nitrogen and oxygen atoms in total. The highest BCUT2D eigenvalue weighted by Crippen LogP contribution is 2.20. The number of aliphatic hydroxyl groups is 1. The Labute approximate surface area is 151 Å². The Bertz CT molecular complexity index is 669. The molecule has 0 fully saturated rings. The second-order valence-electron chi connectivity index (χ2n) is 5.28. The van der Waals surface area contributed by atoms with E-state index in [9.17, 15) is 9.90 Å². The second kappa shape index (κ2) is 9.11. The average molecular weight is 368 g/mol. The number of aliphatic hydroxyl groups excluding tert-OH is 1. The lowest BCUT2D eigenvalue weighted by atomic mass is 10.2. The van der Waals surface area contributed by atoms with Crippen LogP contribution in [0.2, 0.25) is 5.02 Å². The maximum atomic E-state index is 12.2. The predicted molar refractivity (Wildman–Crippen MR) is 97.4 cm³/mol. The number of halogens is 1. The molecule has 0 atom stereocenters. The second-order valence-corrected chi connectivity index (χ2v) is 6.66. The van der Waals surface area contributed by atoms with Crippen molar-refractivity contribution in [3.05, 3.63) is 46.7 Å². The lowest BCUT2D eigenvalue weighted by Gasteiger charge is -2.18. The monoisotopic (exact) mass is 367 g/mol. The Morgan fingerprint density at radius 3 is 2.54 bits per heavy atom. The zero-order valence-corrected chi connectivity index (χ0v) is 15.5. The first kappa shape index (κ1) is 18.8. The summed E-state index contributed by atoms with van der Waals surface area (Å²) in [4.78, 5) is 18.4. The van der Waals surface area contributed by atoms with E-state index in [1.54, 1.807) is 4.90 Å². The van der Waals surface area contributed by atoms with Crippen LogP contribution in [0.3, 0.4) is 0 Å². The van der Waals surface area contributed by atoms with Crippen molar-refractivity contribution in [3.63, 3.8) is 0 Å². The van der Waals surface area contributed by atoms with E-state index in [4.69, 9.17) is 11.6 Å². The fourth-order valence-electron chi connectivity index (χ4n) is 2.34. The Hall–Kier alpha value is -1.50. The molecule has 0 bridgehead atoms. The molecule has 1 N–H and O–H groups in total. The quantitative estimate of drug-likeness (QED) is 0.728. The smallest absolute Gasteiger partial charge is 0.233 e. The Morgan fingerprint density at radius 1 is 1.29 bits per heavy atom. The summed E-state index contributed by atoms with van der Waals surface area (Å²) in [6, 6.07) is 7.60. The summed E-state index contributed by atoms with van der Waals surface area (Å²) in [5, 5.41) is 10.8. The van der Waals surface area contributed by atoms with Crippen LogP contribution in [-0.2, 0) is 17.9 Å². The van der Waals surface area contributed by atoms with Crippen LogP contribution in [0.25, 0.3) is 0 Å². The number of hydrogen-bond donors (Lipinski definition) is 1. The van der Waals surface area contributed by atoms with Crippen LogP contribution < -0.4 is 0 Å². The molecule has 130 valence electrons. The van der Waals surface area contributed by atoms with Crippen molar-refractivity contribution in [3.8, 4) is 0 Å². The highest BCUT2D eigenvalue weighted by Gasteiger charge is 2.14. The molecule has 0 aliphatic heterocycles. The maximum Gasteiger partial charge on any atom is 0.233 e. The molecular formula is C17H22ClN3O2S. The lowest BCUT2D eigenvalue weighted by molar-refractivity contribution is -0.127. The van der Waals surface area contributed by atoms with E-state index < -0.39 is 0 Å². The van der Waals surface area contributed by atoms with Crippen LogP contribution in [0.4, 0.5) is 0 Å². The SMILES string of the molecule is CCN(CC)C(=O)CSc1nc(CO)cn1Cc1ccc(Cl)cc1. The fourth-order valence-corrected chi connectivity index (χ4v) is 3.36. The van der Waals surface area contributed by atoms with Crippen LogP contribution in [0, 0.1) is 0 Å². The zero-order chi connectivity index (χ0) is 17.5. The number of rotatable bonds is 8. The van der Waals surface area contributed by atoms with Crippen molar-refractivity contribution in [2.75, 3.05) is 18.8 Å². The van der Waals surface area contributed by atoms with E-state index in [2.05, 4.69) is 4.98 Å². The Kier molecular flexibility index (Phi) is 7.15. The van der Waals surface area contributed by atoms with E-state index >= 15 is 0 Å². The van der Waals surface area contributed by atoms with E-state index in [1.807, 2.05) is 48.9 Å². The molecule has 1 aromatic carbocycles. The molecule has 1 amide bonds. The summed E-state index contributed by atoms with van der Waals surface area (Å²) in [5.74, 6) is 0.432. The number of amides is 1. The van der Waals surface area contributed by atoms with Gasteiger partial charge in [-0.25, -0.2) is 4.98 Å². The van der Waals surface area contributed by atoms with E-state index in [0.717, 1.165) is 10.7 Å². The summed E-state index contributed by atoms with van der Waals surface area (Å²) in [6.07, 6.45) is 1.82. The van der Waals surface area contributed by atoms with Gasteiger partial charge in [0.15, 0.2) is 5.16 Å². The summed E-state index contributed by atoms with van der Waals surface area (Å²) in [7, 11) is 0. The first-order valence-electron chi connectivity index (χ1n) is 7.89. The molecule has 1 heterocycles. The van der Waals surface area contributed by atoms with Crippen molar-refractivity contribution >= 4 is 29.3 Å². The summed E-state index contributed by atoms with van der Waals surface area (Å²) in [5.41, 5.74) is 1.68. The molecule has 0 saturated heterocycles. The Balaban J connectivity index is 2.10. The van der Waals surface area contributed by atoms with Gasteiger partial charge in [-0.2, -0.15) is 0 Å². The molecule has 0 saturated carbocycles. The van der Waals surface area contributed by atoms with Crippen molar-refractivity contribution in [1.82, 2.24) is 14.5 Å². The fraction of sp³-hybridized carbons (Fsp3) is 0.412. The molecule has 0 aliphatic rings. The minimum absolute atomic E-state index is 0.0941. The third kappa shape index (κ3) is 5.00. The largest absolute Gasteiger partial charge is 0.390 e. The highest BCUT2D eigenvalue weighted by molar-refractivity contribution is 7.99. The molecule has 2 aromatic rings. The van der Waals surface area contributed by atoms with Gasteiger partial charge in [-0.1, -0.05) is 35.5 Å². The first-order valence-corrected chi connectivity index (χ1v) is 9.25. The Morgan fingerprint density at radius 2 is 1.96 bits per heavy atom. The number of benzene rings is 1. The number of nitrogens with zero attached hydrogens (tertiary/aromatic N) is 3. The third-order valence-corrected chi connectivity index (χ3v) is 4.89. The third-order valence-electron chi connectivity index (χ3n) is 3.66. The highest BCUT2D eigenvalue weighted by atomic mass is 35.5. The van der Waals surface area contributed by atoms with Gasteiger partial charge in [-0.3, -0.25) is 4.79 Å².